The molecule has 158 valence electrons. The van der Waals surface area contributed by atoms with Gasteiger partial charge in [-0.05, 0) is 53.6 Å². The van der Waals surface area contributed by atoms with Crippen LogP contribution in [0.25, 0.3) is 11.1 Å². The van der Waals surface area contributed by atoms with Crippen LogP contribution in [0.3, 0.4) is 0 Å². The van der Waals surface area contributed by atoms with Crippen LogP contribution in [0.5, 0.6) is 5.75 Å². The maximum absolute atomic E-state index is 12.3. The highest BCUT2D eigenvalue weighted by atomic mass is 16.5. The number of nitrogens with one attached hydrogen (secondary N) is 2. The minimum absolute atomic E-state index is 0.120. The van der Waals surface area contributed by atoms with E-state index in [0.717, 1.165) is 11.1 Å². The van der Waals surface area contributed by atoms with Gasteiger partial charge in [0.05, 0.1) is 0 Å². The first-order valence-corrected chi connectivity index (χ1v) is 10.2. The van der Waals surface area contributed by atoms with E-state index in [9.17, 15) is 9.59 Å². The molecule has 0 spiro atoms. The van der Waals surface area contributed by atoms with Crippen molar-refractivity contribution in [1.29, 1.82) is 0 Å². The van der Waals surface area contributed by atoms with Gasteiger partial charge in [-0.15, -0.1) is 0 Å². The average molecular weight is 422 g/mol. The summed E-state index contributed by atoms with van der Waals surface area (Å²) in [5.74, 6) is 0.115. The standard InChI is InChI=1S/C27H22N2O3/c30-26(19-32-25-16-14-21(15-17-25)20-8-3-1-4-9-20)28-23-12-7-13-24(18-23)29-27(31)22-10-5-2-6-11-22/h1-18H,19H2,(H,28,30)(H,29,31). The smallest absolute Gasteiger partial charge is 0.262 e. The van der Waals surface area contributed by atoms with Gasteiger partial charge in [-0.2, -0.15) is 0 Å². The third-order valence-corrected chi connectivity index (χ3v) is 4.77. The lowest BCUT2D eigenvalue weighted by molar-refractivity contribution is -0.118. The van der Waals surface area contributed by atoms with E-state index in [1.165, 1.54) is 0 Å². The molecule has 5 nitrogen and oxygen atoms in total. The average Bonchev–Trinajstić information content (AvgIpc) is 2.84. The Hall–Kier alpha value is -4.38. The maximum Gasteiger partial charge on any atom is 0.262 e. The molecule has 0 unspecified atom stereocenters. The molecule has 0 radical (unpaired) electrons. The van der Waals surface area contributed by atoms with Gasteiger partial charge in [0.15, 0.2) is 6.61 Å². The molecule has 4 aromatic rings. The van der Waals surface area contributed by atoms with Crippen molar-refractivity contribution in [3.05, 3.63) is 115 Å². The van der Waals surface area contributed by atoms with Gasteiger partial charge in [-0.3, -0.25) is 9.59 Å². The third-order valence-electron chi connectivity index (χ3n) is 4.77. The summed E-state index contributed by atoms with van der Waals surface area (Å²) in [4.78, 5) is 24.6. The molecule has 0 bridgehead atoms. The summed E-state index contributed by atoms with van der Waals surface area (Å²) in [6, 6.07) is 33.6. The molecule has 4 aromatic carbocycles. The molecule has 0 atom stereocenters. The van der Waals surface area contributed by atoms with Gasteiger partial charge in [0.25, 0.3) is 11.8 Å². The largest absolute Gasteiger partial charge is 0.484 e. The Morgan fingerprint density at radius 3 is 1.91 bits per heavy atom. The molecule has 2 N–H and O–H groups in total. The Bertz CT molecular complexity index is 1190. The molecule has 0 aliphatic carbocycles. The van der Waals surface area contributed by atoms with Crippen LogP contribution in [0.15, 0.2) is 109 Å². The molecule has 0 aliphatic rings. The van der Waals surface area contributed by atoms with Crippen LogP contribution < -0.4 is 15.4 Å². The fraction of sp³-hybridized carbons (Fsp3) is 0.0370. The summed E-state index contributed by atoms with van der Waals surface area (Å²) in [7, 11) is 0. The lowest BCUT2D eigenvalue weighted by atomic mass is 10.1. The highest BCUT2D eigenvalue weighted by molar-refractivity contribution is 6.04. The number of carbonyl (C=O) groups excluding carboxylic acids is 2. The van der Waals surface area contributed by atoms with Crippen LogP contribution >= 0.6 is 0 Å². The van der Waals surface area contributed by atoms with Gasteiger partial charge >= 0.3 is 0 Å². The van der Waals surface area contributed by atoms with Crippen LogP contribution in [0.1, 0.15) is 10.4 Å². The SMILES string of the molecule is O=C(COc1ccc(-c2ccccc2)cc1)Nc1cccc(NC(=O)c2ccccc2)c1. The van der Waals surface area contributed by atoms with Crippen molar-refractivity contribution in [1.82, 2.24) is 0 Å². The number of ether oxygens (including phenoxy) is 1. The molecular formula is C27H22N2O3. The van der Waals surface area contributed by atoms with Crippen LogP contribution in [0.4, 0.5) is 11.4 Å². The Labute approximate surface area is 186 Å². The summed E-state index contributed by atoms with van der Waals surface area (Å²) in [6.07, 6.45) is 0. The summed E-state index contributed by atoms with van der Waals surface area (Å²) in [5, 5.41) is 5.61. The molecular weight excluding hydrogens is 400 g/mol. The number of hydrogen-bond acceptors (Lipinski definition) is 3. The maximum atomic E-state index is 12.3. The van der Waals surface area contributed by atoms with Crippen molar-refractivity contribution < 1.29 is 14.3 Å². The fourth-order valence-corrected chi connectivity index (χ4v) is 3.19. The minimum Gasteiger partial charge on any atom is -0.484 e. The fourth-order valence-electron chi connectivity index (χ4n) is 3.19. The molecule has 0 saturated heterocycles. The van der Waals surface area contributed by atoms with Crippen LogP contribution in [-0.2, 0) is 4.79 Å². The predicted octanol–water partition coefficient (Wildman–Crippen LogP) is 5.62. The van der Waals surface area contributed by atoms with Crippen molar-refractivity contribution >= 4 is 23.2 Å². The van der Waals surface area contributed by atoms with E-state index >= 15 is 0 Å². The second-order valence-electron chi connectivity index (χ2n) is 7.13. The van der Waals surface area contributed by atoms with E-state index in [-0.39, 0.29) is 18.4 Å². The van der Waals surface area contributed by atoms with E-state index < -0.39 is 0 Å². The highest BCUT2D eigenvalue weighted by Gasteiger charge is 2.08. The van der Waals surface area contributed by atoms with E-state index in [2.05, 4.69) is 10.6 Å². The normalized spacial score (nSPS) is 10.2. The quantitative estimate of drug-likeness (QED) is 0.406. The molecule has 0 saturated carbocycles. The highest BCUT2D eigenvalue weighted by Crippen LogP contribution is 2.22. The molecule has 0 aromatic heterocycles. The van der Waals surface area contributed by atoms with Gasteiger partial charge in [-0.1, -0.05) is 66.7 Å². The van der Waals surface area contributed by atoms with Crippen LogP contribution in [0, 0.1) is 0 Å². The van der Waals surface area contributed by atoms with Crippen molar-refractivity contribution in [3.8, 4) is 16.9 Å². The second kappa shape index (κ2) is 10.1. The molecule has 0 aliphatic heterocycles. The van der Waals surface area contributed by atoms with Crippen molar-refractivity contribution in [2.75, 3.05) is 17.2 Å². The number of carbonyl (C=O) groups is 2. The summed E-state index contributed by atoms with van der Waals surface area (Å²) >= 11 is 0. The third kappa shape index (κ3) is 5.61. The van der Waals surface area contributed by atoms with Gasteiger partial charge in [-0.25, -0.2) is 0 Å². The number of anilines is 2. The van der Waals surface area contributed by atoms with Gasteiger partial charge in [0.1, 0.15) is 5.75 Å². The molecule has 2 amide bonds. The summed E-state index contributed by atoms with van der Waals surface area (Å²) in [5.41, 5.74) is 3.93. The zero-order valence-corrected chi connectivity index (χ0v) is 17.3. The predicted molar refractivity (Wildman–Crippen MR) is 127 cm³/mol. The summed E-state index contributed by atoms with van der Waals surface area (Å²) < 4.78 is 5.60. The zero-order valence-electron chi connectivity index (χ0n) is 17.3. The first-order chi connectivity index (χ1) is 15.7. The lowest BCUT2D eigenvalue weighted by Crippen LogP contribution is -2.20. The number of rotatable bonds is 7. The Kier molecular flexibility index (Phi) is 6.58. The minimum atomic E-state index is -0.288. The number of amides is 2. The summed E-state index contributed by atoms with van der Waals surface area (Å²) in [6.45, 7) is -0.120. The van der Waals surface area contributed by atoms with Gasteiger partial charge in [0, 0.05) is 16.9 Å². The van der Waals surface area contributed by atoms with E-state index in [1.807, 2.05) is 60.7 Å². The Balaban J connectivity index is 1.30. The second-order valence-corrected chi connectivity index (χ2v) is 7.13. The Morgan fingerprint density at radius 2 is 1.22 bits per heavy atom. The van der Waals surface area contributed by atoms with Crippen molar-refractivity contribution in [2.24, 2.45) is 0 Å². The van der Waals surface area contributed by atoms with Crippen molar-refractivity contribution in [2.45, 2.75) is 0 Å². The first kappa shape index (κ1) is 20.9. The lowest BCUT2D eigenvalue weighted by Gasteiger charge is -2.10. The number of hydrogen-bond donors (Lipinski definition) is 2. The topological polar surface area (TPSA) is 67.4 Å². The van der Waals surface area contributed by atoms with Crippen LogP contribution in [-0.4, -0.2) is 18.4 Å². The molecule has 4 rings (SSSR count). The number of benzene rings is 4. The first-order valence-electron chi connectivity index (χ1n) is 10.2. The zero-order chi connectivity index (χ0) is 22.2. The van der Waals surface area contributed by atoms with Gasteiger partial charge in [0.2, 0.25) is 0 Å². The molecule has 0 fully saturated rings. The monoisotopic (exact) mass is 422 g/mol. The van der Waals surface area contributed by atoms with E-state index in [1.54, 1.807) is 48.5 Å². The van der Waals surface area contributed by atoms with Crippen molar-refractivity contribution in [3.63, 3.8) is 0 Å². The molecule has 32 heavy (non-hydrogen) atoms. The van der Waals surface area contributed by atoms with E-state index in [0.29, 0.717) is 22.7 Å². The molecule has 0 heterocycles. The molecule has 5 heteroatoms. The van der Waals surface area contributed by atoms with Gasteiger partial charge < -0.3 is 15.4 Å². The Morgan fingerprint density at radius 1 is 0.625 bits per heavy atom. The van der Waals surface area contributed by atoms with E-state index in [4.69, 9.17) is 4.74 Å². The van der Waals surface area contributed by atoms with Crippen LogP contribution in [0.2, 0.25) is 0 Å².